The number of benzene rings is 1. The molecule has 84 valence electrons. The summed E-state index contributed by atoms with van der Waals surface area (Å²) in [5, 5.41) is 8.80. The molecule has 4 nitrogen and oxygen atoms in total. The molecule has 0 aliphatic rings. The lowest BCUT2D eigenvalue weighted by Gasteiger charge is -2.08. The Labute approximate surface area is 89.4 Å². The minimum Gasteiger partial charge on any atom is -0.496 e. The molecule has 1 rings (SSSR count). The van der Waals surface area contributed by atoms with Gasteiger partial charge in [-0.25, -0.2) is 8.42 Å². The molecule has 0 aliphatic carbocycles. The third-order valence-corrected chi connectivity index (χ3v) is 3.18. The largest absolute Gasteiger partial charge is 0.496 e. The summed E-state index contributed by atoms with van der Waals surface area (Å²) in [7, 11) is -1.74. The molecule has 15 heavy (non-hydrogen) atoms. The second-order valence-corrected chi connectivity index (χ2v) is 5.24. The number of sulfone groups is 1. The van der Waals surface area contributed by atoms with Gasteiger partial charge in [0.1, 0.15) is 5.75 Å². The Morgan fingerprint density at radius 3 is 2.53 bits per heavy atom. The molecule has 0 amide bonds. The van der Waals surface area contributed by atoms with Crippen LogP contribution in [0.15, 0.2) is 23.1 Å². The fraction of sp³-hybridized carbons (Fsp3) is 0.400. The second kappa shape index (κ2) is 4.63. The van der Waals surface area contributed by atoms with Crippen LogP contribution < -0.4 is 4.74 Å². The molecular weight excluding hydrogens is 216 g/mol. The number of aliphatic hydroxyl groups is 1. The summed E-state index contributed by atoms with van der Waals surface area (Å²) >= 11 is 0. The van der Waals surface area contributed by atoms with E-state index in [4.69, 9.17) is 9.84 Å². The van der Waals surface area contributed by atoms with Gasteiger partial charge in [-0.3, -0.25) is 0 Å². The standard InChI is InChI=1S/C10H14O4S/c1-14-10-7-9(15(2,12)13)4-3-8(10)5-6-11/h3-4,7,11H,5-6H2,1-2H3. The summed E-state index contributed by atoms with van der Waals surface area (Å²) in [4.78, 5) is 0.223. The van der Waals surface area contributed by atoms with Gasteiger partial charge in [0.2, 0.25) is 0 Å². The van der Waals surface area contributed by atoms with Gasteiger partial charge >= 0.3 is 0 Å². The molecule has 0 bridgehead atoms. The molecule has 5 heteroatoms. The van der Waals surface area contributed by atoms with Crippen LogP contribution in [-0.4, -0.2) is 33.5 Å². The Morgan fingerprint density at radius 2 is 2.07 bits per heavy atom. The highest BCUT2D eigenvalue weighted by atomic mass is 32.2. The first-order valence-corrected chi connectivity index (χ1v) is 6.36. The van der Waals surface area contributed by atoms with Gasteiger partial charge < -0.3 is 9.84 Å². The summed E-state index contributed by atoms with van der Waals surface area (Å²) in [6.45, 7) is 0.00851. The molecule has 1 aromatic rings. The molecule has 1 N–H and O–H groups in total. The van der Waals surface area contributed by atoms with E-state index in [9.17, 15) is 8.42 Å². The predicted octanol–water partition coefficient (Wildman–Crippen LogP) is 0.633. The van der Waals surface area contributed by atoms with Crippen LogP contribution in [0.4, 0.5) is 0 Å². The van der Waals surface area contributed by atoms with E-state index in [-0.39, 0.29) is 11.5 Å². The molecule has 0 unspecified atom stereocenters. The number of ether oxygens (including phenoxy) is 1. The summed E-state index contributed by atoms with van der Waals surface area (Å²) < 4.78 is 27.6. The highest BCUT2D eigenvalue weighted by Gasteiger charge is 2.10. The highest BCUT2D eigenvalue weighted by molar-refractivity contribution is 7.90. The molecule has 0 spiro atoms. The molecule has 0 saturated carbocycles. The zero-order chi connectivity index (χ0) is 11.5. The van der Waals surface area contributed by atoms with Crippen molar-refractivity contribution < 1.29 is 18.3 Å². The van der Waals surface area contributed by atoms with E-state index in [1.807, 2.05) is 0 Å². The first kappa shape index (κ1) is 12.0. The van der Waals surface area contributed by atoms with Crippen molar-refractivity contribution in [1.82, 2.24) is 0 Å². The molecule has 0 fully saturated rings. The first-order valence-electron chi connectivity index (χ1n) is 4.47. The Kier molecular flexibility index (Phi) is 3.71. The van der Waals surface area contributed by atoms with E-state index < -0.39 is 9.84 Å². The number of hydrogen-bond donors (Lipinski definition) is 1. The van der Waals surface area contributed by atoms with Crippen LogP contribution in [0.3, 0.4) is 0 Å². The summed E-state index contributed by atoms with van der Waals surface area (Å²) in [6.07, 6.45) is 1.60. The summed E-state index contributed by atoms with van der Waals surface area (Å²) in [6, 6.07) is 4.65. The zero-order valence-corrected chi connectivity index (χ0v) is 9.54. The van der Waals surface area contributed by atoms with Crippen molar-refractivity contribution >= 4 is 9.84 Å². The smallest absolute Gasteiger partial charge is 0.175 e. The number of rotatable bonds is 4. The SMILES string of the molecule is COc1cc(S(C)(=O)=O)ccc1CCO. The Balaban J connectivity index is 3.19. The third kappa shape index (κ3) is 2.94. The Bertz CT molecular complexity index is 437. The fourth-order valence-electron chi connectivity index (χ4n) is 1.28. The normalized spacial score (nSPS) is 11.4. The molecule has 0 aliphatic heterocycles. The van der Waals surface area contributed by atoms with Crippen LogP contribution in [0.1, 0.15) is 5.56 Å². The molecule has 0 saturated heterocycles. The van der Waals surface area contributed by atoms with Crippen molar-refractivity contribution in [3.63, 3.8) is 0 Å². The van der Waals surface area contributed by atoms with Crippen molar-refractivity contribution in [1.29, 1.82) is 0 Å². The van der Waals surface area contributed by atoms with Gasteiger partial charge in [-0.2, -0.15) is 0 Å². The summed E-state index contributed by atoms with van der Waals surface area (Å²) in [5.74, 6) is 0.493. The van der Waals surface area contributed by atoms with Crippen LogP contribution in [0, 0.1) is 0 Å². The molecular formula is C10H14O4S. The van der Waals surface area contributed by atoms with Gasteiger partial charge in [-0.1, -0.05) is 6.07 Å². The lowest BCUT2D eigenvalue weighted by molar-refractivity contribution is 0.296. The van der Waals surface area contributed by atoms with E-state index in [0.717, 1.165) is 11.8 Å². The average molecular weight is 230 g/mol. The molecule has 1 aromatic carbocycles. The van der Waals surface area contributed by atoms with Crippen molar-refractivity contribution in [2.24, 2.45) is 0 Å². The first-order chi connectivity index (χ1) is 6.99. The Hall–Kier alpha value is -1.07. The number of methoxy groups -OCH3 is 1. The number of hydrogen-bond acceptors (Lipinski definition) is 4. The van der Waals surface area contributed by atoms with E-state index in [1.165, 1.54) is 19.2 Å². The van der Waals surface area contributed by atoms with Crippen LogP contribution in [0.5, 0.6) is 5.75 Å². The predicted molar refractivity (Wildman–Crippen MR) is 56.9 cm³/mol. The molecule has 0 atom stereocenters. The van der Waals surface area contributed by atoms with E-state index in [2.05, 4.69) is 0 Å². The Morgan fingerprint density at radius 1 is 1.40 bits per heavy atom. The molecule has 0 heterocycles. The second-order valence-electron chi connectivity index (χ2n) is 3.22. The van der Waals surface area contributed by atoms with Gasteiger partial charge in [0.05, 0.1) is 12.0 Å². The van der Waals surface area contributed by atoms with E-state index in [0.29, 0.717) is 12.2 Å². The van der Waals surface area contributed by atoms with Gasteiger partial charge in [-0.05, 0) is 24.1 Å². The molecule has 0 radical (unpaired) electrons. The fourth-order valence-corrected chi connectivity index (χ4v) is 1.92. The number of aliphatic hydroxyl groups excluding tert-OH is 1. The van der Waals surface area contributed by atoms with Crippen LogP contribution in [-0.2, 0) is 16.3 Å². The van der Waals surface area contributed by atoms with Gasteiger partial charge in [0, 0.05) is 12.9 Å². The minimum atomic E-state index is -3.21. The van der Waals surface area contributed by atoms with Crippen molar-refractivity contribution in [3.8, 4) is 5.75 Å². The van der Waals surface area contributed by atoms with E-state index in [1.54, 1.807) is 6.07 Å². The topological polar surface area (TPSA) is 63.6 Å². The average Bonchev–Trinajstić information content (AvgIpc) is 2.17. The maximum atomic E-state index is 11.3. The van der Waals surface area contributed by atoms with Gasteiger partial charge in [-0.15, -0.1) is 0 Å². The maximum absolute atomic E-state index is 11.3. The monoisotopic (exact) mass is 230 g/mol. The van der Waals surface area contributed by atoms with Crippen LogP contribution in [0.2, 0.25) is 0 Å². The molecule has 0 aromatic heterocycles. The van der Waals surface area contributed by atoms with Gasteiger partial charge in [0.25, 0.3) is 0 Å². The third-order valence-electron chi connectivity index (χ3n) is 2.07. The zero-order valence-electron chi connectivity index (χ0n) is 8.73. The van der Waals surface area contributed by atoms with Crippen molar-refractivity contribution in [2.75, 3.05) is 20.0 Å². The maximum Gasteiger partial charge on any atom is 0.175 e. The van der Waals surface area contributed by atoms with Crippen molar-refractivity contribution in [3.05, 3.63) is 23.8 Å². The van der Waals surface area contributed by atoms with Crippen LogP contribution >= 0.6 is 0 Å². The van der Waals surface area contributed by atoms with Crippen molar-refractivity contribution in [2.45, 2.75) is 11.3 Å². The quantitative estimate of drug-likeness (QED) is 0.824. The van der Waals surface area contributed by atoms with Gasteiger partial charge in [0.15, 0.2) is 9.84 Å². The summed E-state index contributed by atoms with van der Waals surface area (Å²) in [5.41, 5.74) is 0.799. The lowest BCUT2D eigenvalue weighted by Crippen LogP contribution is -2.01. The lowest BCUT2D eigenvalue weighted by atomic mass is 10.1. The minimum absolute atomic E-state index is 0.00851. The highest BCUT2D eigenvalue weighted by Crippen LogP contribution is 2.23. The van der Waals surface area contributed by atoms with E-state index >= 15 is 0 Å². The van der Waals surface area contributed by atoms with Crippen LogP contribution in [0.25, 0.3) is 0 Å².